The number of aromatic nitrogens is 2. The van der Waals surface area contributed by atoms with E-state index in [4.69, 9.17) is 4.98 Å². The molecule has 3 aromatic heterocycles. The third kappa shape index (κ3) is 3.97. The van der Waals surface area contributed by atoms with Gasteiger partial charge in [-0.25, -0.2) is 4.98 Å². The van der Waals surface area contributed by atoms with E-state index in [0.717, 1.165) is 59.7 Å². The normalized spacial score (nSPS) is 17.3. The van der Waals surface area contributed by atoms with Crippen LogP contribution in [0.2, 0.25) is 0 Å². The number of thiophene rings is 2. The molecule has 1 aliphatic heterocycles. The summed E-state index contributed by atoms with van der Waals surface area (Å²) < 4.78 is 0. The van der Waals surface area contributed by atoms with Crippen molar-refractivity contribution in [2.24, 2.45) is 0 Å². The average molecular weight is 457 g/mol. The summed E-state index contributed by atoms with van der Waals surface area (Å²) in [5, 5.41) is 0.816. The van der Waals surface area contributed by atoms with Gasteiger partial charge in [0.1, 0.15) is 10.7 Å². The first-order valence-corrected chi connectivity index (χ1v) is 12.8. The number of amides is 1. The van der Waals surface area contributed by atoms with Crippen LogP contribution in [0.15, 0.2) is 10.9 Å². The summed E-state index contributed by atoms with van der Waals surface area (Å²) in [4.78, 5) is 42.0. The number of nitrogens with zero attached hydrogens (tertiary/aromatic N) is 3. The molecule has 6 nitrogen and oxygen atoms in total. The summed E-state index contributed by atoms with van der Waals surface area (Å²) >= 11 is 3.30. The predicted molar refractivity (Wildman–Crippen MR) is 126 cm³/mol. The van der Waals surface area contributed by atoms with Crippen LogP contribution in [0.5, 0.6) is 0 Å². The van der Waals surface area contributed by atoms with Crippen molar-refractivity contribution in [3.63, 3.8) is 0 Å². The molecule has 0 bridgehead atoms. The van der Waals surface area contributed by atoms with E-state index in [1.165, 1.54) is 27.3 Å². The number of aryl methyl sites for hydroxylation is 4. The van der Waals surface area contributed by atoms with Crippen LogP contribution in [0.4, 0.5) is 0 Å². The Morgan fingerprint density at radius 1 is 1.16 bits per heavy atom. The molecule has 1 amide bonds. The Kier molecular flexibility index (Phi) is 5.71. The quantitative estimate of drug-likeness (QED) is 0.649. The molecule has 0 atom stereocenters. The highest BCUT2D eigenvalue weighted by molar-refractivity contribution is 7.18. The van der Waals surface area contributed by atoms with Crippen molar-refractivity contribution in [3.8, 4) is 0 Å². The molecule has 5 rings (SSSR count). The summed E-state index contributed by atoms with van der Waals surface area (Å²) in [5.74, 6) is 0.877. The van der Waals surface area contributed by atoms with Crippen molar-refractivity contribution >= 4 is 38.8 Å². The maximum absolute atomic E-state index is 12.9. The summed E-state index contributed by atoms with van der Waals surface area (Å²) in [6.45, 7) is 7.83. The minimum atomic E-state index is 0.00741. The molecule has 1 fully saturated rings. The number of hydrogen-bond acceptors (Lipinski definition) is 6. The highest BCUT2D eigenvalue weighted by Crippen LogP contribution is 2.33. The zero-order chi connectivity index (χ0) is 21.5. The highest BCUT2D eigenvalue weighted by Gasteiger charge is 2.25. The number of carbonyl (C=O) groups excluding carboxylic acids is 1. The number of rotatable bonds is 4. The van der Waals surface area contributed by atoms with Gasteiger partial charge in [-0.2, -0.15) is 0 Å². The average Bonchev–Trinajstić information content (AvgIpc) is 3.33. The molecule has 4 heterocycles. The molecular weight excluding hydrogens is 428 g/mol. The molecule has 0 aromatic carbocycles. The van der Waals surface area contributed by atoms with Crippen molar-refractivity contribution in [1.82, 2.24) is 19.8 Å². The van der Waals surface area contributed by atoms with E-state index >= 15 is 0 Å². The fourth-order valence-electron chi connectivity index (χ4n) is 4.74. The number of carbonyl (C=O) groups is 1. The molecule has 164 valence electrons. The van der Waals surface area contributed by atoms with Crippen LogP contribution in [0, 0.1) is 6.92 Å². The monoisotopic (exact) mass is 456 g/mol. The van der Waals surface area contributed by atoms with Crippen LogP contribution in [0.25, 0.3) is 10.2 Å². The number of hydrogen-bond donors (Lipinski definition) is 1. The fraction of sp³-hybridized carbons (Fsp3) is 0.522. The van der Waals surface area contributed by atoms with Crippen molar-refractivity contribution in [1.29, 1.82) is 0 Å². The molecule has 0 spiro atoms. The lowest BCUT2D eigenvalue weighted by atomic mass is 9.97. The van der Waals surface area contributed by atoms with E-state index in [0.29, 0.717) is 19.6 Å². The lowest BCUT2D eigenvalue weighted by Crippen LogP contribution is -2.48. The first-order valence-electron chi connectivity index (χ1n) is 11.2. The van der Waals surface area contributed by atoms with Crippen molar-refractivity contribution < 1.29 is 4.79 Å². The van der Waals surface area contributed by atoms with Gasteiger partial charge in [0.25, 0.3) is 11.5 Å². The Morgan fingerprint density at radius 3 is 2.68 bits per heavy atom. The standard InChI is InChI=1S/C23H28N4O2S2/c1-3-15-12-18(30-14(15)2)23(29)27-10-8-26(9-11-27)13-19-24-21(28)20-16-6-4-5-7-17(16)31-22(20)25-19/h12H,3-11,13H2,1-2H3,(H,24,25,28). The molecular formula is C23H28N4O2S2. The Bertz CT molecular complexity index is 1180. The Morgan fingerprint density at radius 2 is 1.94 bits per heavy atom. The molecule has 8 heteroatoms. The minimum absolute atomic E-state index is 0.00741. The third-order valence-electron chi connectivity index (χ3n) is 6.52. The molecule has 0 unspecified atom stereocenters. The summed E-state index contributed by atoms with van der Waals surface area (Å²) in [5.41, 5.74) is 2.51. The summed E-state index contributed by atoms with van der Waals surface area (Å²) in [6, 6.07) is 2.05. The van der Waals surface area contributed by atoms with Gasteiger partial charge in [-0.15, -0.1) is 22.7 Å². The minimum Gasteiger partial charge on any atom is -0.335 e. The summed E-state index contributed by atoms with van der Waals surface area (Å²) in [7, 11) is 0. The van der Waals surface area contributed by atoms with Crippen molar-refractivity contribution in [3.05, 3.63) is 48.0 Å². The van der Waals surface area contributed by atoms with E-state index < -0.39 is 0 Å². The second-order valence-corrected chi connectivity index (χ2v) is 10.9. The van der Waals surface area contributed by atoms with E-state index in [-0.39, 0.29) is 11.5 Å². The number of piperazine rings is 1. The zero-order valence-corrected chi connectivity index (χ0v) is 19.8. The molecule has 2 aliphatic rings. The van der Waals surface area contributed by atoms with Crippen molar-refractivity contribution in [2.75, 3.05) is 26.2 Å². The third-order valence-corrected chi connectivity index (χ3v) is 8.79. The predicted octanol–water partition coefficient (Wildman–Crippen LogP) is 3.75. The van der Waals surface area contributed by atoms with Crippen LogP contribution in [0.3, 0.4) is 0 Å². The molecule has 0 saturated carbocycles. The van der Waals surface area contributed by atoms with Gasteiger partial charge in [-0.1, -0.05) is 6.92 Å². The van der Waals surface area contributed by atoms with Crippen LogP contribution in [-0.4, -0.2) is 51.9 Å². The molecule has 31 heavy (non-hydrogen) atoms. The van der Waals surface area contributed by atoms with E-state index in [1.807, 2.05) is 4.90 Å². The second-order valence-electron chi connectivity index (χ2n) is 8.52. The molecule has 1 saturated heterocycles. The van der Waals surface area contributed by atoms with Crippen LogP contribution in [-0.2, 0) is 25.8 Å². The Hall–Kier alpha value is -2.03. The van der Waals surface area contributed by atoms with Gasteiger partial charge >= 0.3 is 0 Å². The van der Waals surface area contributed by atoms with Gasteiger partial charge in [-0.05, 0) is 56.2 Å². The van der Waals surface area contributed by atoms with E-state index in [2.05, 4.69) is 29.8 Å². The summed E-state index contributed by atoms with van der Waals surface area (Å²) in [6.07, 6.45) is 5.40. The smallest absolute Gasteiger partial charge is 0.264 e. The first-order chi connectivity index (χ1) is 15.0. The van der Waals surface area contributed by atoms with Gasteiger partial charge in [0.05, 0.1) is 16.8 Å². The Labute approximate surface area is 189 Å². The maximum atomic E-state index is 12.9. The molecule has 0 radical (unpaired) electrons. The zero-order valence-electron chi connectivity index (χ0n) is 18.1. The topological polar surface area (TPSA) is 69.3 Å². The fourth-order valence-corrected chi connectivity index (χ4v) is 7.10. The Balaban J connectivity index is 1.26. The van der Waals surface area contributed by atoms with Gasteiger partial charge in [0.2, 0.25) is 0 Å². The van der Waals surface area contributed by atoms with Crippen LogP contribution >= 0.6 is 22.7 Å². The first kappa shape index (κ1) is 20.8. The van der Waals surface area contributed by atoms with Gasteiger partial charge < -0.3 is 9.88 Å². The number of H-pyrrole nitrogens is 1. The molecule has 1 aliphatic carbocycles. The largest absolute Gasteiger partial charge is 0.335 e. The number of aromatic amines is 1. The van der Waals surface area contributed by atoms with E-state index in [9.17, 15) is 9.59 Å². The van der Waals surface area contributed by atoms with Gasteiger partial charge in [-0.3, -0.25) is 14.5 Å². The van der Waals surface area contributed by atoms with Gasteiger partial charge in [0, 0.05) is 35.9 Å². The van der Waals surface area contributed by atoms with Crippen molar-refractivity contribution in [2.45, 2.75) is 52.5 Å². The van der Waals surface area contributed by atoms with E-state index in [1.54, 1.807) is 22.7 Å². The highest BCUT2D eigenvalue weighted by atomic mass is 32.1. The van der Waals surface area contributed by atoms with Crippen LogP contribution in [0.1, 0.15) is 56.1 Å². The maximum Gasteiger partial charge on any atom is 0.264 e. The molecule has 1 N–H and O–H groups in total. The lowest BCUT2D eigenvalue weighted by molar-refractivity contribution is 0.0630. The number of nitrogens with one attached hydrogen (secondary N) is 1. The van der Waals surface area contributed by atoms with Crippen LogP contribution < -0.4 is 5.56 Å². The SMILES string of the molecule is CCc1cc(C(=O)N2CCN(Cc3nc4sc5c(c4c(=O)[nH]3)CCCC5)CC2)sc1C. The lowest BCUT2D eigenvalue weighted by Gasteiger charge is -2.34. The number of fused-ring (bicyclic) bond motifs is 3. The molecule has 3 aromatic rings. The second kappa shape index (κ2) is 8.48. The van der Waals surface area contributed by atoms with Gasteiger partial charge in [0.15, 0.2) is 0 Å².